The molecule has 2 saturated heterocycles. The smallest absolute Gasteiger partial charge is 0.0692 e. The molecule has 4 unspecified atom stereocenters. The average molecular weight is 294 g/mol. The maximum Gasteiger partial charge on any atom is 0.0692 e. The third-order valence-corrected chi connectivity index (χ3v) is 6.42. The molecular formula is C18H34N2O. The van der Waals surface area contributed by atoms with Gasteiger partial charge in [-0.2, -0.15) is 0 Å². The highest BCUT2D eigenvalue weighted by atomic mass is 16.5. The van der Waals surface area contributed by atoms with Crippen LogP contribution in [-0.2, 0) is 4.74 Å². The zero-order valence-corrected chi connectivity index (χ0v) is 14.0. The van der Waals surface area contributed by atoms with Crippen molar-refractivity contribution in [1.82, 2.24) is 10.6 Å². The zero-order valence-electron chi connectivity index (χ0n) is 14.0. The van der Waals surface area contributed by atoms with Crippen molar-refractivity contribution in [2.45, 2.75) is 95.4 Å². The van der Waals surface area contributed by atoms with Crippen molar-refractivity contribution in [2.24, 2.45) is 5.92 Å². The van der Waals surface area contributed by atoms with E-state index in [0.717, 1.165) is 37.5 Å². The van der Waals surface area contributed by atoms with Crippen LogP contribution in [0, 0.1) is 5.92 Å². The molecule has 21 heavy (non-hydrogen) atoms. The first-order chi connectivity index (χ1) is 10.3. The van der Waals surface area contributed by atoms with Crippen molar-refractivity contribution in [3.8, 4) is 0 Å². The van der Waals surface area contributed by atoms with Gasteiger partial charge in [0.1, 0.15) is 0 Å². The molecule has 0 spiro atoms. The van der Waals surface area contributed by atoms with Crippen LogP contribution in [0.5, 0.6) is 0 Å². The molecule has 0 aromatic carbocycles. The van der Waals surface area contributed by atoms with E-state index in [1.54, 1.807) is 0 Å². The predicted octanol–water partition coefficient (Wildman–Crippen LogP) is 3.23. The van der Waals surface area contributed by atoms with Gasteiger partial charge in [0.05, 0.1) is 5.60 Å². The Balaban J connectivity index is 1.57. The molecule has 0 radical (unpaired) electrons. The monoisotopic (exact) mass is 294 g/mol. The Bertz CT molecular complexity index is 323. The first-order valence-corrected chi connectivity index (χ1v) is 9.40. The van der Waals surface area contributed by atoms with Gasteiger partial charge in [0.2, 0.25) is 0 Å². The summed E-state index contributed by atoms with van der Waals surface area (Å²) in [6.45, 7) is 6.75. The fourth-order valence-corrected chi connectivity index (χ4v) is 4.97. The molecule has 0 aromatic heterocycles. The molecule has 4 atom stereocenters. The number of ether oxygens (including phenoxy) is 1. The summed E-state index contributed by atoms with van der Waals surface area (Å²) >= 11 is 0. The third-order valence-electron chi connectivity index (χ3n) is 6.42. The van der Waals surface area contributed by atoms with E-state index in [4.69, 9.17) is 4.74 Å². The van der Waals surface area contributed by atoms with E-state index in [1.165, 1.54) is 51.5 Å². The Kier molecular flexibility index (Phi) is 5.23. The molecule has 1 saturated carbocycles. The normalized spacial score (nSPS) is 39.7. The van der Waals surface area contributed by atoms with Crippen molar-refractivity contribution in [3.63, 3.8) is 0 Å². The highest BCUT2D eigenvalue weighted by molar-refractivity contribution is 4.96. The van der Waals surface area contributed by atoms with Gasteiger partial charge in [-0.1, -0.05) is 20.3 Å². The Hall–Kier alpha value is -0.120. The molecule has 3 fully saturated rings. The average Bonchev–Trinajstić information content (AvgIpc) is 3.18. The Morgan fingerprint density at radius 2 is 1.95 bits per heavy atom. The second-order valence-corrected chi connectivity index (χ2v) is 7.50. The lowest BCUT2D eigenvalue weighted by Gasteiger charge is -2.42. The molecule has 1 aliphatic carbocycles. The van der Waals surface area contributed by atoms with E-state index in [2.05, 4.69) is 24.5 Å². The van der Waals surface area contributed by atoms with Crippen molar-refractivity contribution >= 4 is 0 Å². The third kappa shape index (κ3) is 3.46. The van der Waals surface area contributed by atoms with Crippen LogP contribution in [0.2, 0.25) is 0 Å². The van der Waals surface area contributed by atoms with E-state index >= 15 is 0 Å². The van der Waals surface area contributed by atoms with Crippen molar-refractivity contribution in [1.29, 1.82) is 0 Å². The molecule has 3 aliphatic rings. The van der Waals surface area contributed by atoms with E-state index in [9.17, 15) is 0 Å². The molecule has 3 nitrogen and oxygen atoms in total. The van der Waals surface area contributed by atoms with Crippen LogP contribution < -0.4 is 10.6 Å². The minimum absolute atomic E-state index is 0.148. The van der Waals surface area contributed by atoms with Gasteiger partial charge in [0, 0.05) is 24.7 Å². The molecule has 3 rings (SSSR count). The van der Waals surface area contributed by atoms with E-state index in [1.807, 2.05) is 0 Å². The summed E-state index contributed by atoms with van der Waals surface area (Å²) in [6, 6.07) is 2.20. The first kappa shape index (κ1) is 15.8. The molecular weight excluding hydrogens is 260 g/mol. The van der Waals surface area contributed by atoms with Gasteiger partial charge in [0.15, 0.2) is 0 Å². The summed E-state index contributed by atoms with van der Waals surface area (Å²) in [5.41, 5.74) is 0.148. The molecule has 3 heteroatoms. The molecule has 0 bridgehead atoms. The minimum Gasteiger partial charge on any atom is -0.375 e. The molecule has 0 amide bonds. The summed E-state index contributed by atoms with van der Waals surface area (Å²) in [5.74, 6) is 0.869. The Morgan fingerprint density at radius 3 is 2.67 bits per heavy atom. The molecule has 2 heterocycles. The van der Waals surface area contributed by atoms with E-state index in [0.29, 0.717) is 6.04 Å². The minimum atomic E-state index is 0.148. The molecule has 2 N–H and O–H groups in total. The van der Waals surface area contributed by atoms with Crippen LogP contribution in [-0.4, -0.2) is 36.9 Å². The SMILES string of the molecule is CCC1(CC)CC(NC2CCCC2C2CCCN2)CCO1. The first-order valence-electron chi connectivity index (χ1n) is 9.40. The second-order valence-electron chi connectivity index (χ2n) is 7.50. The van der Waals surface area contributed by atoms with Crippen molar-refractivity contribution in [2.75, 3.05) is 13.2 Å². The Labute approximate surface area is 130 Å². The van der Waals surface area contributed by atoms with Crippen LogP contribution in [0.15, 0.2) is 0 Å². The van der Waals surface area contributed by atoms with Gasteiger partial charge < -0.3 is 15.4 Å². The van der Waals surface area contributed by atoms with Gasteiger partial charge in [0.25, 0.3) is 0 Å². The highest BCUT2D eigenvalue weighted by Gasteiger charge is 2.39. The van der Waals surface area contributed by atoms with Gasteiger partial charge in [-0.05, 0) is 63.8 Å². The molecule has 0 aromatic rings. The summed E-state index contributed by atoms with van der Waals surface area (Å²) in [7, 11) is 0. The van der Waals surface area contributed by atoms with E-state index in [-0.39, 0.29) is 5.60 Å². The summed E-state index contributed by atoms with van der Waals surface area (Å²) in [4.78, 5) is 0. The van der Waals surface area contributed by atoms with Gasteiger partial charge >= 0.3 is 0 Å². The summed E-state index contributed by atoms with van der Waals surface area (Å²) < 4.78 is 6.13. The number of rotatable bonds is 5. The number of hydrogen-bond donors (Lipinski definition) is 2. The van der Waals surface area contributed by atoms with Crippen LogP contribution >= 0.6 is 0 Å². The topological polar surface area (TPSA) is 33.3 Å². The Morgan fingerprint density at radius 1 is 1.10 bits per heavy atom. The molecule has 122 valence electrons. The standard InChI is InChI=1S/C18H34N2O/c1-3-18(4-2)13-14(10-12-21-18)20-17-8-5-7-15(17)16-9-6-11-19-16/h14-17,19-20H,3-13H2,1-2H3. The predicted molar refractivity (Wildman–Crippen MR) is 87.6 cm³/mol. The van der Waals surface area contributed by atoms with Crippen LogP contribution in [0.4, 0.5) is 0 Å². The number of nitrogens with one attached hydrogen (secondary N) is 2. The lowest BCUT2D eigenvalue weighted by atomic mass is 9.84. The highest BCUT2D eigenvalue weighted by Crippen LogP contribution is 2.35. The largest absolute Gasteiger partial charge is 0.375 e. The zero-order chi connectivity index (χ0) is 14.7. The summed E-state index contributed by atoms with van der Waals surface area (Å²) in [6.07, 6.45) is 11.7. The maximum atomic E-state index is 6.13. The summed E-state index contributed by atoms with van der Waals surface area (Å²) in [5, 5.41) is 7.79. The van der Waals surface area contributed by atoms with Gasteiger partial charge in [-0.3, -0.25) is 0 Å². The van der Waals surface area contributed by atoms with Gasteiger partial charge in [-0.15, -0.1) is 0 Å². The fraction of sp³-hybridized carbons (Fsp3) is 1.00. The van der Waals surface area contributed by atoms with Crippen molar-refractivity contribution < 1.29 is 4.74 Å². The fourth-order valence-electron chi connectivity index (χ4n) is 4.97. The van der Waals surface area contributed by atoms with Gasteiger partial charge in [-0.25, -0.2) is 0 Å². The van der Waals surface area contributed by atoms with Crippen LogP contribution in [0.25, 0.3) is 0 Å². The maximum absolute atomic E-state index is 6.13. The van der Waals surface area contributed by atoms with E-state index < -0.39 is 0 Å². The lowest BCUT2D eigenvalue weighted by Crippen LogP contribution is -2.52. The van der Waals surface area contributed by atoms with Crippen molar-refractivity contribution in [3.05, 3.63) is 0 Å². The quantitative estimate of drug-likeness (QED) is 0.817. The lowest BCUT2D eigenvalue weighted by molar-refractivity contribution is -0.0945. The second kappa shape index (κ2) is 6.97. The van der Waals surface area contributed by atoms with Crippen LogP contribution in [0.1, 0.15) is 71.6 Å². The molecule has 2 aliphatic heterocycles. The van der Waals surface area contributed by atoms with Crippen LogP contribution in [0.3, 0.4) is 0 Å². The number of hydrogen-bond acceptors (Lipinski definition) is 3.